The van der Waals surface area contributed by atoms with Crippen LogP contribution in [0.5, 0.6) is 0 Å². The molecule has 0 saturated heterocycles. The van der Waals surface area contributed by atoms with Crippen molar-refractivity contribution in [3.63, 3.8) is 0 Å². The second kappa shape index (κ2) is 6.62. The van der Waals surface area contributed by atoms with Crippen LogP contribution in [0.1, 0.15) is 32.3 Å². The minimum atomic E-state index is -0.0669. The predicted octanol–water partition coefficient (Wildman–Crippen LogP) is 2.39. The smallest absolute Gasteiger partial charge is 0.0701 e. The number of hydrogen-bond acceptors (Lipinski definition) is 3. The number of aliphatic hydroxyl groups excluding tert-OH is 2. The summed E-state index contributed by atoms with van der Waals surface area (Å²) in [5, 5.41) is 22.1. The van der Waals surface area contributed by atoms with Gasteiger partial charge >= 0.3 is 0 Å². The Labute approximate surface area is 103 Å². The van der Waals surface area contributed by atoms with Gasteiger partial charge in [-0.25, -0.2) is 0 Å². The van der Waals surface area contributed by atoms with Crippen LogP contribution in [-0.2, 0) is 6.61 Å². The number of benzene rings is 1. The van der Waals surface area contributed by atoms with Gasteiger partial charge in [-0.05, 0) is 18.9 Å². The Balaban J connectivity index is 2.71. The molecule has 0 aliphatic carbocycles. The van der Waals surface area contributed by atoms with Crippen LogP contribution >= 0.6 is 0 Å². The zero-order valence-corrected chi connectivity index (χ0v) is 10.7. The van der Waals surface area contributed by atoms with E-state index >= 15 is 0 Å². The molecule has 0 radical (unpaired) electrons. The lowest BCUT2D eigenvalue weighted by Crippen LogP contribution is -2.32. The SMILES string of the molecule is CCC(CC)(CO)CNc1ccccc1CO. The van der Waals surface area contributed by atoms with Crippen molar-refractivity contribution in [2.24, 2.45) is 5.41 Å². The van der Waals surface area contributed by atoms with E-state index in [0.29, 0.717) is 0 Å². The van der Waals surface area contributed by atoms with Crippen molar-refractivity contribution in [1.29, 1.82) is 0 Å². The Kier molecular flexibility index (Phi) is 5.45. The quantitative estimate of drug-likeness (QED) is 0.682. The number of rotatable bonds is 7. The maximum Gasteiger partial charge on any atom is 0.0701 e. The minimum absolute atomic E-state index is 0.0353. The second-order valence-electron chi connectivity index (χ2n) is 4.53. The van der Waals surface area contributed by atoms with Crippen molar-refractivity contribution in [2.75, 3.05) is 18.5 Å². The van der Waals surface area contributed by atoms with Crippen molar-refractivity contribution in [1.82, 2.24) is 0 Å². The molecule has 0 unspecified atom stereocenters. The van der Waals surface area contributed by atoms with Gasteiger partial charge in [0.25, 0.3) is 0 Å². The van der Waals surface area contributed by atoms with Gasteiger partial charge in [0.1, 0.15) is 0 Å². The van der Waals surface area contributed by atoms with Crippen LogP contribution < -0.4 is 5.32 Å². The molecule has 3 N–H and O–H groups in total. The highest BCUT2D eigenvalue weighted by atomic mass is 16.3. The largest absolute Gasteiger partial charge is 0.396 e. The normalized spacial score (nSPS) is 11.5. The molecular formula is C14H23NO2. The van der Waals surface area contributed by atoms with E-state index in [1.54, 1.807) is 0 Å². The molecule has 17 heavy (non-hydrogen) atoms. The molecular weight excluding hydrogens is 214 g/mol. The zero-order valence-electron chi connectivity index (χ0n) is 10.7. The van der Waals surface area contributed by atoms with Gasteiger partial charge in [-0.15, -0.1) is 0 Å². The van der Waals surface area contributed by atoms with Crippen molar-refractivity contribution in [3.05, 3.63) is 29.8 Å². The molecule has 0 fully saturated rings. The molecule has 3 heteroatoms. The van der Waals surface area contributed by atoms with Gasteiger partial charge in [0, 0.05) is 23.2 Å². The monoisotopic (exact) mass is 237 g/mol. The Morgan fingerprint density at radius 3 is 2.29 bits per heavy atom. The Morgan fingerprint density at radius 2 is 1.76 bits per heavy atom. The van der Waals surface area contributed by atoms with Crippen molar-refractivity contribution in [3.8, 4) is 0 Å². The van der Waals surface area contributed by atoms with E-state index < -0.39 is 0 Å². The highest BCUT2D eigenvalue weighted by Gasteiger charge is 2.24. The lowest BCUT2D eigenvalue weighted by Gasteiger charge is -2.30. The molecule has 0 aliphatic heterocycles. The lowest BCUT2D eigenvalue weighted by atomic mass is 9.83. The third kappa shape index (κ3) is 3.45. The molecule has 0 aromatic heterocycles. The third-order valence-corrected chi connectivity index (χ3v) is 3.68. The van der Waals surface area contributed by atoms with Crippen LogP contribution in [0.4, 0.5) is 5.69 Å². The van der Waals surface area contributed by atoms with E-state index in [1.807, 2.05) is 24.3 Å². The fourth-order valence-electron chi connectivity index (χ4n) is 1.89. The highest BCUT2D eigenvalue weighted by Crippen LogP contribution is 2.27. The topological polar surface area (TPSA) is 52.5 Å². The molecule has 0 amide bonds. The molecule has 0 heterocycles. The van der Waals surface area contributed by atoms with Crippen LogP contribution in [0.2, 0.25) is 0 Å². The molecule has 96 valence electrons. The Hall–Kier alpha value is -1.06. The maximum atomic E-state index is 9.49. The van der Waals surface area contributed by atoms with E-state index in [0.717, 1.165) is 30.6 Å². The summed E-state index contributed by atoms with van der Waals surface area (Å²) in [5.74, 6) is 0. The average Bonchev–Trinajstić information content (AvgIpc) is 2.41. The predicted molar refractivity (Wildman–Crippen MR) is 71.0 cm³/mol. The van der Waals surface area contributed by atoms with Crippen LogP contribution in [0.15, 0.2) is 24.3 Å². The van der Waals surface area contributed by atoms with Crippen LogP contribution in [0, 0.1) is 5.41 Å². The summed E-state index contributed by atoms with van der Waals surface area (Å²) in [4.78, 5) is 0. The first-order chi connectivity index (χ1) is 8.21. The Bertz CT molecular complexity index is 326. The van der Waals surface area contributed by atoms with Crippen LogP contribution in [0.25, 0.3) is 0 Å². The number of aliphatic hydroxyl groups is 2. The highest BCUT2D eigenvalue weighted by molar-refractivity contribution is 5.50. The summed E-state index contributed by atoms with van der Waals surface area (Å²) < 4.78 is 0. The standard InChI is InChI=1S/C14H23NO2/c1-3-14(4-2,11-17)10-15-13-8-6-5-7-12(13)9-16/h5-8,15-17H,3-4,9-11H2,1-2H3. The number of para-hydroxylation sites is 1. The summed E-state index contributed by atoms with van der Waals surface area (Å²) >= 11 is 0. The molecule has 0 aliphatic rings. The van der Waals surface area contributed by atoms with Crippen LogP contribution in [0.3, 0.4) is 0 Å². The van der Waals surface area contributed by atoms with E-state index in [9.17, 15) is 10.2 Å². The number of nitrogens with one attached hydrogen (secondary N) is 1. The van der Waals surface area contributed by atoms with E-state index in [4.69, 9.17) is 0 Å². The number of hydrogen-bond donors (Lipinski definition) is 3. The van der Waals surface area contributed by atoms with Crippen LogP contribution in [-0.4, -0.2) is 23.4 Å². The molecule has 0 spiro atoms. The maximum absolute atomic E-state index is 9.49. The first-order valence-electron chi connectivity index (χ1n) is 6.25. The molecule has 0 atom stereocenters. The second-order valence-corrected chi connectivity index (χ2v) is 4.53. The fraction of sp³-hybridized carbons (Fsp3) is 0.571. The molecule has 1 aromatic carbocycles. The van der Waals surface area contributed by atoms with Gasteiger partial charge in [0.05, 0.1) is 13.2 Å². The first kappa shape index (κ1) is 14.0. The first-order valence-corrected chi connectivity index (χ1v) is 6.25. The van der Waals surface area contributed by atoms with Gasteiger partial charge in [0.2, 0.25) is 0 Å². The van der Waals surface area contributed by atoms with Crippen molar-refractivity contribution < 1.29 is 10.2 Å². The number of anilines is 1. The van der Waals surface area contributed by atoms with Gasteiger partial charge in [-0.3, -0.25) is 0 Å². The summed E-state index contributed by atoms with van der Waals surface area (Å²) in [6.45, 7) is 5.15. The fourth-order valence-corrected chi connectivity index (χ4v) is 1.89. The van der Waals surface area contributed by atoms with E-state index in [-0.39, 0.29) is 18.6 Å². The molecule has 0 bridgehead atoms. The molecule has 0 saturated carbocycles. The zero-order chi connectivity index (χ0) is 12.7. The third-order valence-electron chi connectivity index (χ3n) is 3.68. The summed E-state index contributed by atoms with van der Waals surface area (Å²) in [5.41, 5.74) is 1.78. The summed E-state index contributed by atoms with van der Waals surface area (Å²) in [6, 6.07) is 7.72. The van der Waals surface area contributed by atoms with Gasteiger partial charge in [-0.2, -0.15) is 0 Å². The lowest BCUT2D eigenvalue weighted by molar-refractivity contribution is 0.127. The van der Waals surface area contributed by atoms with Gasteiger partial charge < -0.3 is 15.5 Å². The summed E-state index contributed by atoms with van der Waals surface area (Å²) in [6.07, 6.45) is 1.88. The molecule has 3 nitrogen and oxygen atoms in total. The van der Waals surface area contributed by atoms with Crippen molar-refractivity contribution in [2.45, 2.75) is 33.3 Å². The molecule has 1 aromatic rings. The van der Waals surface area contributed by atoms with Gasteiger partial charge in [0.15, 0.2) is 0 Å². The van der Waals surface area contributed by atoms with Crippen molar-refractivity contribution >= 4 is 5.69 Å². The van der Waals surface area contributed by atoms with Gasteiger partial charge in [-0.1, -0.05) is 32.0 Å². The molecule has 1 rings (SSSR count). The average molecular weight is 237 g/mol. The van der Waals surface area contributed by atoms with E-state index in [1.165, 1.54) is 0 Å². The van der Waals surface area contributed by atoms with E-state index in [2.05, 4.69) is 19.2 Å². The summed E-state index contributed by atoms with van der Waals surface area (Å²) in [7, 11) is 0. The minimum Gasteiger partial charge on any atom is -0.396 e. The Morgan fingerprint density at radius 1 is 1.12 bits per heavy atom.